The molecule has 0 saturated heterocycles. The third kappa shape index (κ3) is 4.25. The number of hydrogen-bond donors (Lipinski definition) is 3. The van der Waals surface area contributed by atoms with Gasteiger partial charge in [0, 0.05) is 16.3 Å². The third-order valence-electron chi connectivity index (χ3n) is 3.84. The van der Waals surface area contributed by atoms with Gasteiger partial charge in [-0.15, -0.1) is 11.3 Å². The molecular weight excluding hydrogens is 402 g/mol. The molecule has 2 heterocycles. The molecule has 6 nitrogen and oxygen atoms in total. The van der Waals surface area contributed by atoms with Crippen molar-refractivity contribution in [1.29, 1.82) is 0 Å². The van der Waals surface area contributed by atoms with Crippen molar-refractivity contribution in [3.05, 3.63) is 82.4 Å². The largest absolute Gasteiger partial charge is 0.478 e. The predicted octanol–water partition coefficient (Wildman–Crippen LogP) is 5.08. The summed E-state index contributed by atoms with van der Waals surface area (Å²) in [6.45, 7) is 3.01. The molecule has 4 N–H and O–H groups in total. The molecule has 1 amide bonds. The third-order valence-corrected chi connectivity index (χ3v) is 4.85. The van der Waals surface area contributed by atoms with Crippen molar-refractivity contribution in [3.8, 4) is 0 Å². The van der Waals surface area contributed by atoms with E-state index in [0.29, 0.717) is 11.0 Å². The van der Waals surface area contributed by atoms with Gasteiger partial charge >= 0.3 is 5.97 Å². The number of carboxylic acids is 1. The summed E-state index contributed by atoms with van der Waals surface area (Å²) in [6, 6.07) is 8.48. The first-order chi connectivity index (χ1) is 13.8. The summed E-state index contributed by atoms with van der Waals surface area (Å²) >= 11 is 0.827. The second kappa shape index (κ2) is 8.11. The predicted molar refractivity (Wildman–Crippen MR) is 107 cm³/mol. The Morgan fingerprint density at radius 1 is 1.24 bits per heavy atom. The molecule has 0 fully saturated rings. The quantitative estimate of drug-likeness (QED) is 0.384. The topological polar surface area (TPSA) is 106 Å². The average molecular weight is 416 g/mol. The number of halogens is 2. The molecule has 29 heavy (non-hydrogen) atoms. The van der Waals surface area contributed by atoms with E-state index in [4.69, 9.17) is 10.2 Å². The number of fused-ring (bicyclic) bond motifs is 1. The SMILES string of the molecule is C=C(F)/C=C\C(=C(/N)F)c1scc(NC(=O)c2cc3ccccc3o2)c1C(=O)O. The van der Waals surface area contributed by atoms with Crippen LogP contribution in [-0.4, -0.2) is 17.0 Å². The highest BCUT2D eigenvalue weighted by Gasteiger charge is 2.24. The summed E-state index contributed by atoms with van der Waals surface area (Å²) in [4.78, 5) is 24.2. The fourth-order valence-electron chi connectivity index (χ4n) is 2.58. The Morgan fingerprint density at radius 3 is 2.59 bits per heavy atom. The van der Waals surface area contributed by atoms with E-state index in [1.54, 1.807) is 24.3 Å². The van der Waals surface area contributed by atoms with E-state index in [9.17, 15) is 23.5 Å². The Hall–Kier alpha value is -3.72. The van der Waals surface area contributed by atoms with Crippen LogP contribution in [0, 0.1) is 0 Å². The van der Waals surface area contributed by atoms with Crippen LogP contribution < -0.4 is 11.1 Å². The number of nitrogens with two attached hydrogens (primary N) is 1. The van der Waals surface area contributed by atoms with Gasteiger partial charge in [-0.1, -0.05) is 24.8 Å². The number of nitrogens with one attached hydrogen (secondary N) is 1. The molecule has 9 heteroatoms. The standard InChI is InChI=1S/C20H14F2N2O4S/c1-10(21)6-7-12(18(22)23)17-16(20(26)27)13(9-29-17)24-19(25)15-8-11-4-2-3-5-14(11)28-15/h2-9H,1,23H2,(H,24,25)(H,26,27)/b7-6-,18-12+. The molecule has 0 bridgehead atoms. The maximum absolute atomic E-state index is 13.8. The van der Waals surface area contributed by atoms with E-state index < -0.39 is 23.7 Å². The number of carbonyl (C=O) groups is 2. The number of aromatic carboxylic acids is 1. The van der Waals surface area contributed by atoms with Crippen LogP contribution >= 0.6 is 11.3 Å². The first-order valence-electron chi connectivity index (χ1n) is 8.10. The van der Waals surface area contributed by atoms with Crippen molar-refractivity contribution in [2.24, 2.45) is 5.73 Å². The lowest BCUT2D eigenvalue weighted by atomic mass is 10.1. The maximum atomic E-state index is 13.8. The molecule has 0 unspecified atom stereocenters. The first-order valence-corrected chi connectivity index (χ1v) is 8.98. The van der Waals surface area contributed by atoms with Crippen molar-refractivity contribution >= 4 is 45.4 Å². The van der Waals surface area contributed by atoms with Crippen molar-refractivity contribution in [2.75, 3.05) is 5.32 Å². The van der Waals surface area contributed by atoms with Crippen LogP contribution in [0.25, 0.3) is 16.5 Å². The summed E-state index contributed by atoms with van der Waals surface area (Å²) in [6.07, 6.45) is 1.82. The molecule has 0 saturated carbocycles. The molecule has 0 aliphatic heterocycles. The Labute approximate surface area is 167 Å². The van der Waals surface area contributed by atoms with E-state index in [0.717, 1.165) is 23.5 Å². The molecule has 2 aromatic heterocycles. The number of hydrogen-bond acceptors (Lipinski definition) is 5. The van der Waals surface area contributed by atoms with Gasteiger partial charge in [0.15, 0.2) is 11.7 Å². The van der Waals surface area contributed by atoms with Crippen molar-refractivity contribution in [3.63, 3.8) is 0 Å². The molecule has 0 aliphatic carbocycles. The molecule has 148 valence electrons. The smallest absolute Gasteiger partial charge is 0.339 e. The number of furan rings is 1. The Bertz CT molecular complexity index is 1150. The van der Waals surface area contributed by atoms with Crippen LogP contribution in [0.1, 0.15) is 25.8 Å². The Kier molecular flexibility index (Phi) is 5.60. The fraction of sp³-hybridized carbons (Fsp3) is 0. The molecule has 0 atom stereocenters. The number of carboxylic acid groups (broad SMARTS) is 1. The van der Waals surface area contributed by atoms with E-state index >= 15 is 0 Å². The first kappa shape index (κ1) is 20.0. The average Bonchev–Trinajstić information content (AvgIpc) is 3.25. The fourth-order valence-corrected chi connectivity index (χ4v) is 3.60. The highest BCUT2D eigenvalue weighted by Crippen LogP contribution is 2.35. The second-order valence-corrected chi connectivity index (χ2v) is 6.68. The number of amides is 1. The molecule has 0 aliphatic rings. The lowest BCUT2D eigenvalue weighted by Crippen LogP contribution is -2.13. The molecule has 0 radical (unpaired) electrons. The summed E-state index contributed by atoms with van der Waals surface area (Å²) in [5.74, 6) is -4.20. The number of carbonyl (C=O) groups excluding carboxylic acids is 1. The number of para-hydroxylation sites is 1. The van der Waals surface area contributed by atoms with Crippen LogP contribution in [-0.2, 0) is 0 Å². The van der Waals surface area contributed by atoms with Crippen molar-refractivity contribution in [1.82, 2.24) is 0 Å². The molecule has 0 spiro atoms. The minimum Gasteiger partial charge on any atom is -0.478 e. The number of benzene rings is 1. The van der Waals surface area contributed by atoms with Gasteiger partial charge in [0.25, 0.3) is 5.91 Å². The van der Waals surface area contributed by atoms with E-state index in [2.05, 4.69) is 11.9 Å². The van der Waals surface area contributed by atoms with Crippen LogP contribution in [0.3, 0.4) is 0 Å². The number of thiophene rings is 1. The van der Waals surface area contributed by atoms with Crippen molar-refractivity contribution < 1.29 is 27.9 Å². The summed E-state index contributed by atoms with van der Waals surface area (Å²) in [5.41, 5.74) is 4.89. The van der Waals surface area contributed by atoms with Crippen LogP contribution in [0.15, 0.2) is 70.6 Å². The normalized spacial score (nSPS) is 12.2. The van der Waals surface area contributed by atoms with E-state index in [1.165, 1.54) is 11.4 Å². The summed E-state index contributed by atoms with van der Waals surface area (Å²) in [5, 5.41) is 14.0. The van der Waals surface area contributed by atoms with Gasteiger partial charge in [0.05, 0.1) is 10.6 Å². The summed E-state index contributed by atoms with van der Waals surface area (Å²) < 4.78 is 32.1. The maximum Gasteiger partial charge on any atom is 0.339 e. The molecule has 3 rings (SSSR count). The number of rotatable bonds is 6. The van der Waals surface area contributed by atoms with E-state index in [1.807, 2.05) is 0 Å². The molecular formula is C20H14F2N2O4S. The highest BCUT2D eigenvalue weighted by molar-refractivity contribution is 7.12. The zero-order valence-electron chi connectivity index (χ0n) is 14.7. The second-order valence-electron chi connectivity index (χ2n) is 5.80. The highest BCUT2D eigenvalue weighted by atomic mass is 32.1. The zero-order chi connectivity index (χ0) is 21.1. The minimum absolute atomic E-state index is 0.0234. The number of allylic oxidation sites excluding steroid dienone is 4. The minimum atomic E-state index is -1.42. The van der Waals surface area contributed by atoms with Gasteiger partial charge < -0.3 is 20.6 Å². The lowest BCUT2D eigenvalue weighted by Gasteiger charge is -2.06. The van der Waals surface area contributed by atoms with Gasteiger partial charge in [0.1, 0.15) is 17.0 Å². The van der Waals surface area contributed by atoms with Gasteiger partial charge in [-0.3, -0.25) is 4.79 Å². The van der Waals surface area contributed by atoms with Crippen LogP contribution in [0.5, 0.6) is 0 Å². The van der Waals surface area contributed by atoms with Gasteiger partial charge in [0.2, 0.25) is 0 Å². The van der Waals surface area contributed by atoms with Gasteiger partial charge in [-0.2, -0.15) is 4.39 Å². The van der Waals surface area contributed by atoms with Crippen molar-refractivity contribution in [2.45, 2.75) is 0 Å². The number of anilines is 1. The molecule has 3 aromatic rings. The van der Waals surface area contributed by atoms with Gasteiger partial charge in [-0.25, -0.2) is 9.18 Å². The van der Waals surface area contributed by atoms with Crippen LogP contribution in [0.2, 0.25) is 0 Å². The molecule has 1 aromatic carbocycles. The van der Waals surface area contributed by atoms with Gasteiger partial charge in [-0.05, 0) is 24.3 Å². The lowest BCUT2D eigenvalue weighted by molar-refractivity contribution is 0.0698. The summed E-state index contributed by atoms with van der Waals surface area (Å²) in [7, 11) is 0. The van der Waals surface area contributed by atoms with Crippen LogP contribution in [0.4, 0.5) is 14.5 Å². The Morgan fingerprint density at radius 2 is 1.97 bits per heavy atom. The zero-order valence-corrected chi connectivity index (χ0v) is 15.6. The Balaban J connectivity index is 1.98. The van der Waals surface area contributed by atoms with E-state index in [-0.39, 0.29) is 27.5 Å². The monoisotopic (exact) mass is 416 g/mol.